The Kier molecular flexibility index (Phi) is 4.77. The maximum absolute atomic E-state index is 12.4. The van der Waals surface area contributed by atoms with E-state index in [1.165, 1.54) is 7.11 Å². The minimum Gasteiger partial charge on any atom is -0.464 e. The van der Waals surface area contributed by atoms with Crippen molar-refractivity contribution in [1.29, 1.82) is 0 Å². The second-order valence-corrected chi connectivity index (χ2v) is 5.51. The number of esters is 1. The summed E-state index contributed by atoms with van der Waals surface area (Å²) in [6.45, 7) is 0.390. The first-order valence-electron chi connectivity index (χ1n) is 7.75. The van der Waals surface area contributed by atoms with Gasteiger partial charge in [0.25, 0.3) is 0 Å². The van der Waals surface area contributed by atoms with Crippen LogP contribution in [0.25, 0.3) is 11.1 Å². The van der Waals surface area contributed by atoms with Crippen LogP contribution >= 0.6 is 0 Å². The monoisotopic (exact) mass is 321 g/mol. The molecule has 0 amide bonds. The van der Waals surface area contributed by atoms with Crippen LogP contribution in [0.5, 0.6) is 0 Å². The van der Waals surface area contributed by atoms with Crippen LogP contribution in [0.2, 0.25) is 0 Å². The number of rotatable bonds is 5. The molecular formula is C20H19NO3. The second kappa shape index (κ2) is 7.15. The van der Waals surface area contributed by atoms with Crippen LogP contribution in [0.1, 0.15) is 21.6 Å². The molecular weight excluding hydrogens is 302 g/mol. The van der Waals surface area contributed by atoms with Gasteiger partial charge in [0, 0.05) is 23.9 Å². The number of carbonyl (C=O) groups excluding carboxylic acids is 1. The van der Waals surface area contributed by atoms with Crippen molar-refractivity contribution < 1.29 is 14.6 Å². The number of hydrogen-bond donors (Lipinski definition) is 1. The minimum absolute atomic E-state index is 0.143. The third-order valence-electron chi connectivity index (χ3n) is 3.96. The van der Waals surface area contributed by atoms with Crippen molar-refractivity contribution in [3.63, 3.8) is 0 Å². The fourth-order valence-electron chi connectivity index (χ4n) is 2.88. The maximum atomic E-state index is 12.4. The van der Waals surface area contributed by atoms with Gasteiger partial charge < -0.3 is 14.4 Å². The van der Waals surface area contributed by atoms with Gasteiger partial charge in [0.1, 0.15) is 5.69 Å². The molecule has 122 valence electrons. The number of aliphatic hydroxyl groups is 1. The van der Waals surface area contributed by atoms with Crippen LogP contribution in [0.4, 0.5) is 0 Å². The standard InChI is InChI=1S/C20H19NO3/c1-24-20(23)19-18(16-10-6-3-7-11-16)17(14-22)13-21(19)12-15-8-4-2-5-9-15/h2-11,13,22H,12,14H2,1H3. The highest BCUT2D eigenvalue weighted by molar-refractivity contribution is 5.97. The average molecular weight is 321 g/mol. The molecule has 0 aliphatic rings. The molecule has 0 saturated heterocycles. The summed E-state index contributed by atoms with van der Waals surface area (Å²) in [6.07, 6.45) is 1.82. The van der Waals surface area contributed by atoms with E-state index in [9.17, 15) is 9.90 Å². The van der Waals surface area contributed by atoms with Crippen LogP contribution in [0.15, 0.2) is 66.9 Å². The largest absolute Gasteiger partial charge is 0.464 e. The zero-order valence-electron chi connectivity index (χ0n) is 13.5. The maximum Gasteiger partial charge on any atom is 0.355 e. The van der Waals surface area contributed by atoms with Crippen LogP contribution in [0.3, 0.4) is 0 Å². The van der Waals surface area contributed by atoms with Gasteiger partial charge in [0.15, 0.2) is 0 Å². The van der Waals surface area contributed by atoms with Crippen molar-refractivity contribution in [1.82, 2.24) is 4.57 Å². The van der Waals surface area contributed by atoms with E-state index in [2.05, 4.69) is 0 Å². The Morgan fingerprint density at radius 1 is 1.04 bits per heavy atom. The Balaban J connectivity index is 2.15. The second-order valence-electron chi connectivity index (χ2n) is 5.51. The molecule has 0 saturated carbocycles. The van der Waals surface area contributed by atoms with Crippen molar-refractivity contribution in [2.24, 2.45) is 0 Å². The predicted molar refractivity (Wildman–Crippen MR) is 92.7 cm³/mol. The summed E-state index contributed by atoms with van der Waals surface area (Å²) in [7, 11) is 1.37. The number of aromatic nitrogens is 1. The van der Waals surface area contributed by atoms with Gasteiger partial charge in [-0.1, -0.05) is 60.7 Å². The SMILES string of the molecule is COC(=O)c1c(-c2ccccc2)c(CO)cn1Cc1ccccc1. The Morgan fingerprint density at radius 2 is 1.67 bits per heavy atom. The molecule has 2 aromatic carbocycles. The van der Waals surface area contributed by atoms with Crippen LogP contribution < -0.4 is 0 Å². The molecule has 0 unspecified atom stereocenters. The van der Waals surface area contributed by atoms with Crippen molar-refractivity contribution in [3.05, 3.63) is 83.7 Å². The Labute approximate surface area is 140 Å². The molecule has 4 nitrogen and oxygen atoms in total. The number of methoxy groups -OCH3 is 1. The van der Waals surface area contributed by atoms with Crippen molar-refractivity contribution in [3.8, 4) is 11.1 Å². The lowest BCUT2D eigenvalue weighted by Gasteiger charge is -2.10. The van der Waals surface area contributed by atoms with Gasteiger partial charge in [-0.3, -0.25) is 0 Å². The molecule has 0 aliphatic heterocycles. The van der Waals surface area contributed by atoms with Crippen molar-refractivity contribution in [2.45, 2.75) is 13.2 Å². The lowest BCUT2D eigenvalue weighted by molar-refractivity contribution is 0.0590. The Hall–Kier alpha value is -2.85. The fourth-order valence-corrected chi connectivity index (χ4v) is 2.88. The minimum atomic E-state index is -0.413. The summed E-state index contributed by atoms with van der Waals surface area (Å²) in [5, 5.41) is 9.77. The number of hydrogen-bond acceptors (Lipinski definition) is 3. The van der Waals surface area contributed by atoms with Gasteiger partial charge >= 0.3 is 5.97 Å². The van der Waals surface area contributed by atoms with Gasteiger partial charge in [-0.15, -0.1) is 0 Å². The number of ether oxygens (including phenoxy) is 1. The predicted octanol–water partition coefficient (Wildman–Crippen LogP) is 3.48. The third-order valence-corrected chi connectivity index (χ3v) is 3.96. The smallest absolute Gasteiger partial charge is 0.355 e. The van der Waals surface area contributed by atoms with Crippen LogP contribution in [-0.4, -0.2) is 22.8 Å². The molecule has 4 heteroatoms. The topological polar surface area (TPSA) is 51.5 Å². The summed E-state index contributed by atoms with van der Waals surface area (Å²) in [5.41, 5.74) is 3.84. The first-order valence-corrected chi connectivity index (χ1v) is 7.75. The highest BCUT2D eigenvalue weighted by atomic mass is 16.5. The Morgan fingerprint density at radius 3 is 2.25 bits per heavy atom. The van der Waals surface area contributed by atoms with Crippen molar-refractivity contribution in [2.75, 3.05) is 7.11 Å². The third kappa shape index (κ3) is 3.09. The molecule has 1 heterocycles. The van der Waals surface area contributed by atoms with Gasteiger partial charge in [-0.2, -0.15) is 0 Å². The molecule has 0 spiro atoms. The molecule has 0 bridgehead atoms. The lowest BCUT2D eigenvalue weighted by atomic mass is 10.0. The average Bonchev–Trinajstić information content (AvgIpc) is 3.01. The van der Waals surface area contributed by atoms with E-state index in [0.29, 0.717) is 17.8 Å². The number of aliphatic hydroxyl groups excluding tert-OH is 1. The van der Waals surface area contributed by atoms with Crippen LogP contribution in [0, 0.1) is 0 Å². The summed E-state index contributed by atoms with van der Waals surface area (Å²) >= 11 is 0. The molecule has 0 atom stereocenters. The van der Waals surface area contributed by atoms with Gasteiger partial charge in [-0.25, -0.2) is 4.79 Å². The van der Waals surface area contributed by atoms with Gasteiger partial charge in [-0.05, 0) is 11.1 Å². The first kappa shape index (κ1) is 16.0. The molecule has 1 N–H and O–H groups in total. The van der Waals surface area contributed by atoms with E-state index < -0.39 is 5.97 Å². The molecule has 24 heavy (non-hydrogen) atoms. The number of carbonyl (C=O) groups is 1. The van der Waals surface area contributed by atoms with Crippen molar-refractivity contribution >= 4 is 5.97 Å². The van der Waals surface area contributed by atoms with E-state index in [1.54, 1.807) is 0 Å². The highest BCUT2D eigenvalue weighted by Gasteiger charge is 2.23. The van der Waals surface area contributed by atoms with E-state index in [1.807, 2.05) is 71.4 Å². The highest BCUT2D eigenvalue weighted by Crippen LogP contribution is 2.31. The van der Waals surface area contributed by atoms with Gasteiger partial charge in [0.05, 0.1) is 13.7 Å². The van der Waals surface area contributed by atoms with E-state index in [-0.39, 0.29) is 6.61 Å². The zero-order valence-corrected chi connectivity index (χ0v) is 13.5. The lowest BCUT2D eigenvalue weighted by Crippen LogP contribution is -2.12. The Bertz CT molecular complexity index is 823. The quantitative estimate of drug-likeness (QED) is 0.732. The number of nitrogens with zero attached hydrogens (tertiary/aromatic N) is 1. The van der Waals surface area contributed by atoms with E-state index in [4.69, 9.17) is 4.74 Å². The summed E-state index contributed by atoms with van der Waals surface area (Å²) in [4.78, 5) is 12.4. The van der Waals surface area contributed by atoms with Crippen LogP contribution in [-0.2, 0) is 17.9 Å². The molecule has 1 aromatic heterocycles. The summed E-state index contributed by atoms with van der Waals surface area (Å²) in [5.74, 6) is -0.413. The molecule has 3 aromatic rings. The van der Waals surface area contributed by atoms with E-state index in [0.717, 1.165) is 16.7 Å². The van der Waals surface area contributed by atoms with Gasteiger partial charge in [0.2, 0.25) is 0 Å². The summed E-state index contributed by atoms with van der Waals surface area (Å²) < 4.78 is 6.84. The molecule has 0 aliphatic carbocycles. The first-order chi connectivity index (χ1) is 11.7. The van der Waals surface area contributed by atoms with E-state index >= 15 is 0 Å². The normalized spacial score (nSPS) is 10.6. The molecule has 0 fully saturated rings. The molecule has 3 rings (SSSR count). The number of benzene rings is 2. The zero-order chi connectivity index (χ0) is 16.9. The fraction of sp³-hybridized carbons (Fsp3) is 0.150. The summed E-state index contributed by atoms with van der Waals surface area (Å²) in [6, 6.07) is 19.5. The molecule has 0 radical (unpaired) electrons.